The van der Waals surface area contributed by atoms with Crippen molar-refractivity contribution in [3.63, 3.8) is 0 Å². The Morgan fingerprint density at radius 2 is 1.72 bits per heavy atom. The predicted molar refractivity (Wildman–Crippen MR) is 101 cm³/mol. The molecule has 0 fully saturated rings. The molecule has 1 atom stereocenters. The Balaban J connectivity index is 2.24. The molecule has 2 aromatic carbocycles. The predicted octanol–water partition coefficient (Wildman–Crippen LogP) is 4.71. The van der Waals surface area contributed by atoms with Gasteiger partial charge in [0, 0.05) is 23.3 Å². The van der Waals surface area contributed by atoms with Crippen molar-refractivity contribution >= 4 is 29.0 Å². The normalized spacial score (nSPS) is 13.8. The summed E-state index contributed by atoms with van der Waals surface area (Å²) >= 11 is 0. The molecule has 0 N–H and O–H groups in total. The Bertz CT molecular complexity index is 967. The van der Waals surface area contributed by atoms with Crippen LogP contribution in [0.5, 0.6) is 0 Å². The molecular formula is C20H20NO3P. The van der Waals surface area contributed by atoms with Gasteiger partial charge in [0.1, 0.15) is 0 Å². The fourth-order valence-electron chi connectivity index (χ4n) is 2.87. The molecule has 1 heterocycles. The van der Waals surface area contributed by atoms with E-state index in [0.29, 0.717) is 10.9 Å². The summed E-state index contributed by atoms with van der Waals surface area (Å²) in [4.78, 5) is 17.4. The lowest BCUT2D eigenvalue weighted by Gasteiger charge is -2.21. The summed E-state index contributed by atoms with van der Waals surface area (Å²) in [5.74, 6) is 0. The summed E-state index contributed by atoms with van der Waals surface area (Å²) in [5.41, 5.74) is 0.769. The minimum atomic E-state index is -3.75. The van der Waals surface area contributed by atoms with Crippen molar-refractivity contribution in [2.75, 3.05) is 0 Å². The highest BCUT2D eigenvalue weighted by molar-refractivity contribution is 7.83. The van der Waals surface area contributed by atoms with Crippen LogP contribution < -0.4 is 5.30 Å². The van der Waals surface area contributed by atoms with E-state index < -0.39 is 12.9 Å². The van der Waals surface area contributed by atoms with Gasteiger partial charge in [-0.2, -0.15) is 0 Å². The molecule has 3 aromatic rings. The maximum absolute atomic E-state index is 13.7. The number of rotatable bonds is 5. The summed E-state index contributed by atoms with van der Waals surface area (Å²) < 4.78 is 19.4. The molecule has 0 radical (unpaired) electrons. The third-order valence-electron chi connectivity index (χ3n) is 3.98. The van der Waals surface area contributed by atoms with Gasteiger partial charge in [-0.15, -0.1) is 0 Å². The molecule has 1 unspecified atom stereocenters. The van der Waals surface area contributed by atoms with Gasteiger partial charge in [0.05, 0.1) is 6.10 Å². The van der Waals surface area contributed by atoms with Gasteiger partial charge in [0.15, 0.2) is 0 Å². The first-order valence-corrected chi connectivity index (χ1v) is 9.78. The molecule has 0 aliphatic rings. The minimum Gasteiger partial charge on any atom is -0.317 e. The molecule has 3 rings (SSSR count). The quantitative estimate of drug-likeness (QED) is 0.623. The second-order valence-electron chi connectivity index (χ2n) is 6.19. The molecule has 0 saturated heterocycles. The molecule has 1 aromatic heterocycles. The van der Waals surface area contributed by atoms with Gasteiger partial charge in [0.25, 0.3) is 5.52 Å². The van der Waals surface area contributed by atoms with Crippen LogP contribution in [0.15, 0.2) is 60.9 Å². The fourth-order valence-corrected chi connectivity index (χ4v) is 5.04. The number of fused-ring (bicyclic) bond motifs is 1. The average Bonchev–Trinajstić information content (AvgIpc) is 2.61. The van der Waals surface area contributed by atoms with E-state index in [1.165, 1.54) is 12.4 Å². The third kappa shape index (κ3) is 3.28. The highest BCUT2D eigenvalue weighted by Gasteiger charge is 2.38. The molecule has 0 bridgehead atoms. The molecule has 0 aliphatic heterocycles. The van der Waals surface area contributed by atoms with E-state index >= 15 is 0 Å². The lowest BCUT2D eigenvalue weighted by atomic mass is 10.0. The van der Waals surface area contributed by atoms with Crippen molar-refractivity contribution in [3.05, 3.63) is 72.1 Å². The molecule has 128 valence electrons. The van der Waals surface area contributed by atoms with E-state index in [4.69, 9.17) is 4.52 Å². The van der Waals surface area contributed by atoms with Crippen molar-refractivity contribution in [2.45, 2.75) is 26.9 Å². The zero-order chi connectivity index (χ0) is 18.0. The second-order valence-corrected chi connectivity index (χ2v) is 8.43. The zero-order valence-electron chi connectivity index (χ0n) is 14.5. The number of pyridine rings is 1. The molecule has 0 amide bonds. The van der Waals surface area contributed by atoms with Crippen LogP contribution >= 0.6 is 7.37 Å². The van der Waals surface area contributed by atoms with Crippen molar-refractivity contribution in [1.29, 1.82) is 0 Å². The monoisotopic (exact) mass is 353 g/mol. The Labute approximate surface area is 147 Å². The average molecular weight is 353 g/mol. The Morgan fingerprint density at radius 3 is 2.40 bits per heavy atom. The van der Waals surface area contributed by atoms with Crippen LogP contribution in [0, 0.1) is 6.92 Å². The van der Waals surface area contributed by atoms with E-state index in [1.54, 1.807) is 26.0 Å². The molecule has 5 heteroatoms. The van der Waals surface area contributed by atoms with Gasteiger partial charge in [-0.25, -0.2) is 0 Å². The van der Waals surface area contributed by atoms with Crippen LogP contribution in [0.3, 0.4) is 0 Å². The van der Waals surface area contributed by atoms with Crippen molar-refractivity contribution < 1.29 is 13.9 Å². The number of nitrogens with zero attached hydrogens (tertiary/aromatic N) is 1. The molecule has 25 heavy (non-hydrogen) atoms. The van der Waals surface area contributed by atoms with Crippen LogP contribution in [-0.2, 0) is 9.09 Å². The van der Waals surface area contributed by atoms with Crippen molar-refractivity contribution in [1.82, 2.24) is 4.98 Å². The maximum Gasteiger partial charge on any atom is 0.301 e. The van der Waals surface area contributed by atoms with Gasteiger partial charge in [-0.3, -0.25) is 14.3 Å². The molecule has 4 nitrogen and oxygen atoms in total. The number of aromatic nitrogens is 1. The summed E-state index contributed by atoms with van der Waals surface area (Å²) in [6.07, 6.45) is 2.70. The van der Waals surface area contributed by atoms with Gasteiger partial charge in [0.2, 0.25) is 0 Å². The summed E-state index contributed by atoms with van der Waals surface area (Å²) in [5, 5.41) is 2.09. The van der Waals surface area contributed by atoms with Gasteiger partial charge in [-0.1, -0.05) is 36.4 Å². The van der Waals surface area contributed by atoms with Crippen LogP contribution in [0.2, 0.25) is 0 Å². The number of hydrogen-bond donors (Lipinski definition) is 0. The second kappa shape index (κ2) is 6.91. The van der Waals surface area contributed by atoms with Crippen LogP contribution in [-0.4, -0.2) is 16.6 Å². The van der Waals surface area contributed by atoms with Gasteiger partial charge in [-0.05, 0) is 49.2 Å². The first-order valence-electron chi connectivity index (χ1n) is 8.16. The Morgan fingerprint density at radius 1 is 1.04 bits per heavy atom. The van der Waals surface area contributed by atoms with Crippen molar-refractivity contribution in [3.8, 4) is 0 Å². The van der Waals surface area contributed by atoms with E-state index in [-0.39, 0.29) is 6.10 Å². The van der Waals surface area contributed by atoms with E-state index in [9.17, 15) is 9.36 Å². The third-order valence-corrected chi connectivity index (χ3v) is 6.44. The molecule has 0 saturated carbocycles. The SMILES string of the molecule is Cc1ccc2ccccc2c1C(=O)P(=O)(OC(C)C)c1ccncc1. The molecular weight excluding hydrogens is 333 g/mol. The maximum atomic E-state index is 13.7. The lowest BCUT2D eigenvalue weighted by Crippen LogP contribution is -2.19. The zero-order valence-corrected chi connectivity index (χ0v) is 15.4. The Kier molecular flexibility index (Phi) is 4.85. The minimum absolute atomic E-state index is 0.349. The highest BCUT2D eigenvalue weighted by atomic mass is 31.2. The van der Waals surface area contributed by atoms with E-state index in [1.807, 2.05) is 43.3 Å². The first-order chi connectivity index (χ1) is 11.9. The fraction of sp³-hybridized carbons (Fsp3) is 0.200. The smallest absolute Gasteiger partial charge is 0.301 e. The van der Waals surface area contributed by atoms with E-state index in [0.717, 1.165) is 16.3 Å². The van der Waals surface area contributed by atoms with Crippen LogP contribution in [0.1, 0.15) is 29.8 Å². The van der Waals surface area contributed by atoms with Crippen LogP contribution in [0.25, 0.3) is 10.8 Å². The number of hydrogen-bond acceptors (Lipinski definition) is 4. The highest BCUT2D eigenvalue weighted by Crippen LogP contribution is 2.51. The summed E-state index contributed by atoms with van der Waals surface area (Å²) in [7, 11) is -3.75. The lowest BCUT2D eigenvalue weighted by molar-refractivity contribution is 0.104. The van der Waals surface area contributed by atoms with E-state index in [2.05, 4.69) is 4.98 Å². The number of benzene rings is 2. The van der Waals surface area contributed by atoms with Crippen molar-refractivity contribution in [2.24, 2.45) is 0 Å². The number of carbonyl (C=O) groups is 1. The largest absolute Gasteiger partial charge is 0.317 e. The summed E-state index contributed by atoms with van der Waals surface area (Å²) in [6, 6.07) is 14.6. The topological polar surface area (TPSA) is 56.3 Å². The number of aryl methyl sites for hydroxylation is 1. The number of carbonyl (C=O) groups excluding carboxylic acids is 1. The Hall–Kier alpha value is -2.29. The first kappa shape index (κ1) is 17.5. The summed E-state index contributed by atoms with van der Waals surface area (Å²) in [6.45, 7) is 5.40. The molecule has 0 aliphatic carbocycles. The standard InChI is InChI=1S/C20H20NO3P/c1-14(2)24-25(23,17-10-12-21-13-11-17)20(22)19-15(3)8-9-16-6-4-5-7-18(16)19/h4-14H,1-3H3. The van der Waals surface area contributed by atoms with Gasteiger partial charge >= 0.3 is 7.37 Å². The van der Waals surface area contributed by atoms with Crippen LogP contribution in [0.4, 0.5) is 0 Å². The molecule has 0 spiro atoms. The van der Waals surface area contributed by atoms with Gasteiger partial charge < -0.3 is 4.52 Å².